The highest BCUT2D eigenvalue weighted by Crippen LogP contribution is 2.31. The molecule has 3 heterocycles. The number of H-pyrrole nitrogens is 1. The summed E-state index contributed by atoms with van der Waals surface area (Å²) in [4.78, 5) is 13.7. The lowest BCUT2D eigenvalue weighted by Crippen LogP contribution is -2.37. The van der Waals surface area contributed by atoms with Crippen molar-refractivity contribution in [1.82, 2.24) is 15.0 Å². The number of hydrogen-bond donors (Lipinski definition) is 1. The van der Waals surface area contributed by atoms with Crippen LogP contribution in [0.3, 0.4) is 0 Å². The number of fused-ring (bicyclic) bond motifs is 1. The van der Waals surface area contributed by atoms with Crippen molar-refractivity contribution in [3.05, 3.63) is 46.8 Å². The van der Waals surface area contributed by atoms with Crippen LogP contribution < -0.4 is 4.90 Å². The molecule has 1 N–H and O–H groups in total. The third kappa shape index (κ3) is 4.06. The van der Waals surface area contributed by atoms with Crippen molar-refractivity contribution in [2.45, 2.75) is 30.9 Å². The molecule has 160 valence electrons. The van der Waals surface area contributed by atoms with E-state index in [1.807, 2.05) is 13.8 Å². The van der Waals surface area contributed by atoms with Gasteiger partial charge in [-0.3, -0.25) is 9.19 Å². The van der Waals surface area contributed by atoms with Crippen molar-refractivity contribution < 1.29 is 22.1 Å². The van der Waals surface area contributed by atoms with Gasteiger partial charge < -0.3 is 14.6 Å². The Hall–Kier alpha value is -2.46. The Morgan fingerprint density at radius 2 is 1.97 bits per heavy atom. The van der Waals surface area contributed by atoms with E-state index < -0.39 is 22.5 Å². The highest BCUT2D eigenvalue weighted by molar-refractivity contribution is 7.84. The van der Waals surface area contributed by atoms with Gasteiger partial charge in [-0.15, -0.1) is 0 Å². The number of pyridine rings is 1. The quantitative estimate of drug-likeness (QED) is 0.672. The van der Waals surface area contributed by atoms with Gasteiger partial charge in [0.05, 0.1) is 52.1 Å². The van der Waals surface area contributed by atoms with Crippen LogP contribution in [0.15, 0.2) is 29.6 Å². The summed E-state index contributed by atoms with van der Waals surface area (Å²) < 4.78 is 57.1. The van der Waals surface area contributed by atoms with E-state index in [-0.39, 0.29) is 16.4 Å². The van der Waals surface area contributed by atoms with Gasteiger partial charge in [-0.25, -0.2) is 4.98 Å². The van der Waals surface area contributed by atoms with E-state index in [0.717, 1.165) is 42.0 Å². The molecule has 1 saturated heterocycles. The van der Waals surface area contributed by atoms with Crippen LogP contribution in [0.25, 0.3) is 11.0 Å². The molecule has 0 bridgehead atoms. The molecule has 4 rings (SSSR count). The number of anilines is 1. The second-order valence-electron chi connectivity index (χ2n) is 7.22. The Labute approximate surface area is 173 Å². The number of rotatable bonds is 4. The SMILES string of the molecule is Cc1cnc(CS(=O)c2nc3ccc(C(F)(F)F)cc3[nH]2)c(C)c1N1CCOCC1. The maximum atomic E-state index is 12.9. The first-order valence-electron chi connectivity index (χ1n) is 9.47. The standard InChI is InChI=1S/C20H21F3N4O2S/c1-12-10-24-17(13(2)18(12)27-5-7-29-8-6-27)11-30(28)19-25-15-4-3-14(20(21,22)23)9-16(15)26-19/h3-4,9-10H,5-8,11H2,1-2H3,(H,25,26). The van der Waals surface area contributed by atoms with E-state index in [2.05, 4.69) is 19.9 Å². The first kappa shape index (κ1) is 20.8. The van der Waals surface area contributed by atoms with Crippen LogP contribution in [0.4, 0.5) is 18.9 Å². The molecule has 30 heavy (non-hydrogen) atoms. The Bertz CT molecular complexity index is 1110. The van der Waals surface area contributed by atoms with E-state index in [1.54, 1.807) is 6.20 Å². The summed E-state index contributed by atoms with van der Waals surface area (Å²) in [6.45, 7) is 6.80. The van der Waals surface area contributed by atoms with Crippen LogP contribution >= 0.6 is 0 Å². The van der Waals surface area contributed by atoms with Gasteiger partial charge in [0.25, 0.3) is 0 Å². The monoisotopic (exact) mass is 438 g/mol. The van der Waals surface area contributed by atoms with Gasteiger partial charge in [-0.2, -0.15) is 13.2 Å². The summed E-state index contributed by atoms with van der Waals surface area (Å²) in [6.07, 6.45) is -2.68. The molecule has 2 aromatic heterocycles. The van der Waals surface area contributed by atoms with Crippen molar-refractivity contribution in [1.29, 1.82) is 0 Å². The molecule has 0 saturated carbocycles. The lowest BCUT2D eigenvalue weighted by molar-refractivity contribution is -0.137. The minimum absolute atomic E-state index is 0.120. The molecule has 1 atom stereocenters. The Balaban J connectivity index is 1.61. The van der Waals surface area contributed by atoms with Crippen molar-refractivity contribution in [2.24, 2.45) is 0 Å². The lowest BCUT2D eigenvalue weighted by Gasteiger charge is -2.31. The van der Waals surface area contributed by atoms with Crippen LogP contribution in [0.5, 0.6) is 0 Å². The minimum Gasteiger partial charge on any atom is -0.378 e. The zero-order valence-corrected chi connectivity index (χ0v) is 17.4. The van der Waals surface area contributed by atoms with Crippen molar-refractivity contribution >= 4 is 27.5 Å². The number of nitrogens with zero attached hydrogens (tertiary/aromatic N) is 3. The van der Waals surface area contributed by atoms with Crippen molar-refractivity contribution in [2.75, 3.05) is 31.2 Å². The first-order valence-corrected chi connectivity index (χ1v) is 10.8. The maximum absolute atomic E-state index is 12.9. The molecule has 0 aliphatic carbocycles. The van der Waals surface area contributed by atoms with Gasteiger partial charge >= 0.3 is 6.18 Å². The van der Waals surface area contributed by atoms with Crippen LogP contribution in [0.1, 0.15) is 22.4 Å². The van der Waals surface area contributed by atoms with Crippen molar-refractivity contribution in [3.8, 4) is 0 Å². The van der Waals surface area contributed by atoms with Gasteiger partial charge in [-0.1, -0.05) is 0 Å². The summed E-state index contributed by atoms with van der Waals surface area (Å²) in [6, 6.07) is 3.23. The molecule has 1 aliphatic rings. The highest BCUT2D eigenvalue weighted by Gasteiger charge is 2.31. The number of nitrogens with one attached hydrogen (secondary N) is 1. The summed E-state index contributed by atoms with van der Waals surface area (Å²) in [5, 5.41) is 0.138. The molecule has 6 nitrogen and oxygen atoms in total. The van der Waals surface area contributed by atoms with E-state index in [1.165, 1.54) is 6.07 Å². The summed E-state index contributed by atoms with van der Waals surface area (Å²) in [5.41, 5.74) is 3.50. The molecule has 1 unspecified atom stereocenters. The summed E-state index contributed by atoms with van der Waals surface area (Å²) in [7, 11) is -1.58. The topological polar surface area (TPSA) is 71.1 Å². The fraction of sp³-hybridized carbons (Fsp3) is 0.400. The lowest BCUT2D eigenvalue weighted by atomic mass is 10.1. The fourth-order valence-electron chi connectivity index (χ4n) is 3.65. The normalized spacial score (nSPS) is 16.2. The molecule has 1 aliphatic heterocycles. The fourth-order valence-corrected chi connectivity index (χ4v) is 4.75. The number of morpholine rings is 1. The van der Waals surface area contributed by atoms with Gasteiger partial charge in [0.2, 0.25) is 0 Å². The van der Waals surface area contributed by atoms with Gasteiger partial charge in [0.15, 0.2) is 5.16 Å². The third-order valence-corrected chi connectivity index (χ3v) is 6.33. The number of alkyl halides is 3. The van der Waals surface area contributed by atoms with Crippen LogP contribution in [0.2, 0.25) is 0 Å². The number of aromatic nitrogens is 3. The van der Waals surface area contributed by atoms with Crippen LogP contribution in [-0.4, -0.2) is 45.5 Å². The Kier molecular flexibility index (Phi) is 5.54. The molecule has 1 fully saturated rings. The first-order chi connectivity index (χ1) is 14.2. The second kappa shape index (κ2) is 7.99. The number of aromatic amines is 1. The molecule has 0 spiro atoms. The highest BCUT2D eigenvalue weighted by atomic mass is 32.2. The average molecular weight is 438 g/mol. The zero-order chi connectivity index (χ0) is 21.5. The summed E-state index contributed by atoms with van der Waals surface area (Å²) in [5.74, 6) is 0.120. The number of benzene rings is 1. The van der Waals surface area contributed by atoms with E-state index in [0.29, 0.717) is 24.4 Å². The van der Waals surface area contributed by atoms with Gasteiger partial charge in [0.1, 0.15) is 0 Å². The molecular formula is C20H21F3N4O2S. The molecule has 0 radical (unpaired) electrons. The Morgan fingerprint density at radius 3 is 2.67 bits per heavy atom. The van der Waals surface area contributed by atoms with E-state index in [9.17, 15) is 17.4 Å². The van der Waals surface area contributed by atoms with E-state index in [4.69, 9.17) is 4.74 Å². The molecule has 10 heteroatoms. The number of aryl methyl sites for hydroxylation is 1. The number of ether oxygens (including phenoxy) is 1. The van der Waals surface area contributed by atoms with E-state index >= 15 is 0 Å². The molecule has 3 aromatic rings. The van der Waals surface area contributed by atoms with Crippen molar-refractivity contribution in [3.63, 3.8) is 0 Å². The van der Waals surface area contributed by atoms with Gasteiger partial charge in [-0.05, 0) is 43.2 Å². The Morgan fingerprint density at radius 1 is 1.23 bits per heavy atom. The van der Waals surface area contributed by atoms with Crippen LogP contribution in [-0.2, 0) is 27.5 Å². The third-order valence-electron chi connectivity index (χ3n) is 5.17. The number of imidazole rings is 1. The predicted molar refractivity (Wildman–Crippen MR) is 108 cm³/mol. The minimum atomic E-state index is -4.45. The zero-order valence-electron chi connectivity index (χ0n) is 16.5. The molecule has 1 aromatic carbocycles. The largest absolute Gasteiger partial charge is 0.416 e. The summed E-state index contributed by atoms with van der Waals surface area (Å²) >= 11 is 0. The average Bonchev–Trinajstić information content (AvgIpc) is 3.14. The second-order valence-corrected chi connectivity index (χ2v) is 8.59. The maximum Gasteiger partial charge on any atom is 0.416 e. The smallest absolute Gasteiger partial charge is 0.378 e. The van der Waals surface area contributed by atoms with Crippen LogP contribution in [0, 0.1) is 13.8 Å². The van der Waals surface area contributed by atoms with Gasteiger partial charge in [0, 0.05) is 25.0 Å². The number of halogens is 3. The molecule has 0 amide bonds. The predicted octanol–water partition coefficient (Wildman–Crippen LogP) is 3.74. The molecular weight excluding hydrogens is 417 g/mol. The number of hydrogen-bond acceptors (Lipinski definition) is 5.